The minimum Gasteiger partial charge on any atom is -0.748 e. The molecule has 1 atom stereocenters. The molecule has 56 heavy (non-hydrogen) atoms. The quantitative estimate of drug-likeness (QED) is 0.0817. The molecule has 16 nitrogen and oxygen atoms in total. The van der Waals surface area contributed by atoms with Gasteiger partial charge in [-0.15, -0.1) is 0 Å². The van der Waals surface area contributed by atoms with Gasteiger partial charge in [0.2, 0.25) is 5.36 Å². The van der Waals surface area contributed by atoms with E-state index in [9.17, 15) is 38.9 Å². The van der Waals surface area contributed by atoms with Gasteiger partial charge in [0.15, 0.2) is 0 Å². The van der Waals surface area contributed by atoms with Crippen molar-refractivity contribution in [1.82, 2.24) is 4.58 Å². The maximum atomic E-state index is 12.1. The van der Waals surface area contributed by atoms with Gasteiger partial charge in [-0.1, -0.05) is 12.2 Å². The number of benzene rings is 2. The topological polar surface area (TPSA) is 239 Å². The van der Waals surface area contributed by atoms with Gasteiger partial charge in [0, 0.05) is 52.9 Å². The number of aliphatic hydroxyl groups excluding tert-OH is 1. The molecular weight excluding hydrogens is 793 g/mol. The number of fused-ring (bicyclic) bond motifs is 2. The van der Waals surface area contributed by atoms with Crippen molar-refractivity contribution in [3.8, 4) is 11.3 Å². The highest BCUT2D eigenvalue weighted by molar-refractivity contribution is 7.86. The van der Waals surface area contributed by atoms with Crippen LogP contribution in [-0.2, 0) is 50.0 Å². The van der Waals surface area contributed by atoms with Crippen LogP contribution in [0.2, 0.25) is 0 Å². The van der Waals surface area contributed by atoms with Crippen LogP contribution in [0.3, 0.4) is 0 Å². The molecule has 2 aliphatic heterocycles. The number of ether oxygens (including phenoxy) is 3. The van der Waals surface area contributed by atoms with Gasteiger partial charge in [-0.2, -0.15) is 0 Å². The minimum atomic E-state index is -4.84. The summed E-state index contributed by atoms with van der Waals surface area (Å²) in [4.78, 5) is 1.47. The highest BCUT2D eigenvalue weighted by Gasteiger charge is 2.43. The molecule has 1 aliphatic carbocycles. The summed E-state index contributed by atoms with van der Waals surface area (Å²) >= 11 is 0. The lowest BCUT2D eigenvalue weighted by atomic mass is 9.77. The van der Waals surface area contributed by atoms with E-state index in [4.69, 9.17) is 23.7 Å². The van der Waals surface area contributed by atoms with E-state index in [-0.39, 0.29) is 58.8 Å². The second kappa shape index (κ2) is 20.3. The smallest absolute Gasteiger partial charge is 0.203 e. The Kier molecular flexibility index (Phi) is 16.4. The molecule has 0 spiro atoms. The first kappa shape index (κ1) is 45.2. The first-order valence-electron chi connectivity index (χ1n) is 18.0. The van der Waals surface area contributed by atoms with Crippen LogP contribution in [0.4, 0.5) is 5.69 Å². The third-order valence-corrected chi connectivity index (χ3v) is 11.7. The summed E-state index contributed by atoms with van der Waals surface area (Å²) in [6.07, 6.45) is 7.26. The zero-order chi connectivity index (χ0) is 41.0. The number of rotatable bonds is 23. The molecule has 1 aromatic carbocycles. The summed E-state index contributed by atoms with van der Waals surface area (Å²) in [5.41, 5.74) is 2.24. The van der Waals surface area contributed by atoms with Crippen molar-refractivity contribution in [3.05, 3.63) is 83.1 Å². The van der Waals surface area contributed by atoms with Crippen LogP contribution in [-0.4, -0.2) is 121 Å². The number of allylic oxidation sites excluding steroid dienone is 3. The van der Waals surface area contributed by atoms with Crippen molar-refractivity contribution in [2.24, 2.45) is 0 Å². The van der Waals surface area contributed by atoms with Gasteiger partial charge in [-0.05, 0) is 74.2 Å². The Morgan fingerprint density at radius 3 is 2.16 bits per heavy atom. The third-order valence-electron chi connectivity index (χ3n) is 9.33. The number of hydrogen-bond acceptors (Lipinski definition) is 15. The lowest BCUT2D eigenvalue weighted by Crippen LogP contribution is -2.31. The second-order valence-electron chi connectivity index (χ2n) is 13.2. The average Bonchev–Trinajstić information content (AvgIpc) is 3.35. The molecule has 310 valence electrons. The van der Waals surface area contributed by atoms with E-state index in [1.807, 2.05) is 53.7 Å². The van der Waals surface area contributed by atoms with Gasteiger partial charge >= 0.3 is 0 Å². The van der Waals surface area contributed by atoms with Crippen LogP contribution < -0.4 is 14.8 Å². The van der Waals surface area contributed by atoms with Crippen molar-refractivity contribution < 1.29 is 62.6 Å². The Labute approximate surface area is 328 Å². The first-order chi connectivity index (χ1) is 26.5. The van der Waals surface area contributed by atoms with Crippen LogP contribution in [0.25, 0.3) is 17.4 Å². The van der Waals surface area contributed by atoms with E-state index >= 15 is 0 Å². The summed E-state index contributed by atoms with van der Waals surface area (Å²) in [6.45, 7) is 6.49. The molecule has 0 saturated heterocycles. The zero-order valence-electron chi connectivity index (χ0n) is 31.3. The maximum Gasteiger partial charge on any atom is 0.203 e. The minimum absolute atomic E-state index is 0.0322. The molecule has 1 aromatic rings. The Morgan fingerprint density at radius 2 is 1.52 bits per heavy atom. The van der Waals surface area contributed by atoms with E-state index in [0.717, 1.165) is 16.5 Å². The van der Waals surface area contributed by atoms with E-state index in [1.165, 1.54) is 24.5 Å². The molecule has 0 fully saturated rings. The molecule has 2 heterocycles. The summed E-state index contributed by atoms with van der Waals surface area (Å²) < 4.78 is 129. The predicted octanol–water partition coefficient (Wildman–Crippen LogP) is 2.06. The molecule has 0 radical (unpaired) electrons. The number of hydrogen-bond donors (Lipinski definition) is 1. The summed E-state index contributed by atoms with van der Waals surface area (Å²) in [5.74, 6) is -0.546. The zero-order valence-corrected chi connectivity index (χ0v) is 33.8. The van der Waals surface area contributed by atoms with Crippen molar-refractivity contribution in [3.63, 3.8) is 0 Å². The highest BCUT2D eigenvalue weighted by atomic mass is 32.2. The summed E-state index contributed by atoms with van der Waals surface area (Å²) in [6, 6.07) is 11.4. The van der Waals surface area contributed by atoms with E-state index in [1.54, 1.807) is 12.1 Å². The SMILES string of the molecule is CC[N+](CCCS(=O)(=O)[O-])=c1ccc2c(/C=C/C=C3/N(CCOCCOCCOCCO)c4ccc(S(=O)(=O)[O-])cc4C3(C)CCCS(=O)(=O)[O-])ccoc-2c1. The van der Waals surface area contributed by atoms with Crippen LogP contribution in [0.15, 0.2) is 75.9 Å². The standard InChI is InChI=1S/C37H50N2O14S3/c1-3-38(15-6-26-55(44,45)46)30-9-11-32-29(13-18-53-35(32)27-30)7-4-8-36-37(2,14-5-25-54(41,42)43)33-28-31(56(47,48)49)10-12-34(33)39(36)16-19-50-21-23-52-24-22-51-20-17-40/h4,7-13,18,27-28,40H,3,5-6,14-17,19-26H2,1-2H3,(H2-,41,42,43,44,45,46,47,48,49)/p-2. The van der Waals surface area contributed by atoms with Gasteiger partial charge in [-0.25, -0.2) is 29.8 Å². The normalized spacial score (nSPS) is 17.7. The molecule has 0 bridgehead atoms. The second-order valence-corrected chi connectivity index (χ2v) is 17.6. The van der Waals surface area contributed by atoms with Crippen molar-refractivity contribution in [2.75, 3.05) is 82.3 Å². The van der Waals surface area contributed by atoms with Gasteiger partial charge in [-0.3, -0.25) is 0 Å². The van der Waals surface area contributed by atoms with Crippen LogP contribution in [0.1, 0.15) is 44.2 Å². The molecular formula is C37H48N2O14S3-2. The van der Waals surface area contributed by atoms with Crippen LogP contribution in [0, 0.1) is 0 Å². The highest BCUT2D eigenvalue weighted by Crippen LogP contribution is 2.51. The maximum absolute atomic E-state index is 12.1. The predicted molar refractivity (Wildman–Crippen MR) is 205 cm³/mol. The van der Waals surface area contributed by atoms with Crippen LogP contribution >= 0.6 is 0 Å². The molecule has 19 heteroatoms. The van der Waals surface area contributed by atoms with Crippen molar-refractivity contribution in [1.29, 1.82) is 0 Å². The first-order valence-corrected chi connectivity index (χ1v) is 22.6. The molecule has 0 saturated carbocycles. The lowest BCUT2D eigenvalue weighted by molar-refractivity contribution is 0.00882. The Balaban J connectivity index is 1.67. The molecule has 3 aliphatic rings. The fourth-order valence-electron chi connectivity index (χ4n) is 6.66. The van der Waals surface area contributed by atoms with Crippen LogP contribution in [0.5, 0.6) is 0 Å². The summed E-state index contributed by atoms with van der Waals surface area (Å²) in [7, 11) is -13.7. The number of aliphatic hydroxyl groups is 1. The number of anilines is 1. The molecule has 1 N–H and O–H groups in total. The fourth-order valence-corrected chi connectivity index (χ4v) is 8.14. The Morgan fingerprint density at radius 1 is 0.857 bits per heavy atom. The van der Waals surface area contributed by atoms with E-state index in [0.29, 0.717) is 49.0 Å². The van der Waals surface area contributed by atoms with Crippen molar-refractivity contribution >= 4 is 42.1 Å². The third kappa shape index (κ3) is 13.0. The van der Waals surface area contributed by atoms with Gasteiger partial charge < -0.3 is 42.3 Å². The molecule has 0 aromatic heterocycles. The fraction of sp³-hybridized carbons (Fsp3) is 0.486. The monoisotopic (exact) mass is 840 g/mol. The summed E-state index contributed by atoms with van der Waals surface area (Å²) in [5, 5.41) is 9.58. The molecule has 4 rings (SSSR count). The Bertz CT molecular complexity index is 2220. The van der Waals surface area contributed by atoms with Gasteiger partial charge in [0.1, 0.15) is 29.0 Å². The molecule has 1 unspecified atom stereocenters. The van der Waals surface area contributed by atoms with Crippen molar-refractivity contribution in [2.45, 2.75) is 43.4 Å². The van der Waals surface area contributed by atoms with E-state index in [2.05, 4.69) is 0 Å². The average molecular weight is 841 g/mol. The number of nitrogens with zero attached hydrogens (tertiary/aromatic N) is 2. The largest absolute Gasteiger partial charge is 0.748 e. The Hall–Kier alpha value is -3.50. The van der Waals surface area contributed by atoms with Gasteiger partial charge in [0.25, 0.3) is 0 Å². The molecule has 0 amide bonds. The van der Waals surface area contributed by atoms with E-state index < -0.39 is 52.2 Å². The lowest BCUT2D eigenvalue weighted by Gasteiger charge is -2.30. The van der Waals surface area contributed by atoms with Gasteiger partial charge in [0.05, 0.1) is 83.7 Å².